The fraction of sp³-hybridized carbons (Fsp3) is 0.481. The van der Waals surface area contributed by atoms with Crippen LogP contribution < -0.4 is 14.8 Å². The first-order valence-electron chi connectivity index (χ1n) is 12.3. The van der Waals surface area contributed by atoms with Gasteiger partial charge in [0.25, 0.3) is 5.91 Å². The average Bonchev–Trinajstić information content (AvgIpc) is 2.89. The van der Waals surface area contributed by atoms with E-state index in [0.717, 1.165) is 39.1 Å². The number of fused-ring (bicyclic) bond motifs is 1. The quantitative estimate of drug-likeness (QED) is 0.564. The van der Waals surface area contributed by atoms with Crippen molar-refractivity contribution < 1.29 is 23.5 Å². The van der Waals surface area contributed by atoms with E-state index < -0.39 is 17.8 Å². The van der Waals surface area contributed by atoms with Gasteiger partial charge in [0.05, 0.1) is 26.2 Å². The SMILES string of the molecule is COc1cc2c(cc1OC)C(C(=O)NCCCN1CCN(C)CC1)C(c1ccccc1F)N(C)C2=O. The Kier molecular flexibility index (Phi) is 8.11. The molecule has 0 aromatic heterocycles. The summed E-state index contributed by atoms with van der Waals surface area (Å²) in [5.74, 6) is -1.03. The lowest BCUT2D eigenvalue weighted by Crippen LogP contribution is -2.47. The lowest BCUT2D eigenvalue weighted by atomic mass is 9.79. The number of hydrogen-bond acceptors (Lipinski definition) is 6. The maximum Gasteiger partial charge on any atom is 0.254 e. The van der Waals surface area contributed by atoms with Crippen LogP contribution >= 0.6 is 0 Å². The second-order valence-corrected chi connectivity index (χ2v) is 9.44. The summed E-state index contributed by atoms with van der Waals surface area (Å²) in [5, 5.41) is 3.05. The molecular weight excluding hydrogens is 463 g/mol. The number of nitrogens with one attached hydrogen (secondary N) is 1. The minimum absolute atomic E-state index is 0.255. The second-order valence-electron chi connectivity index (χ2n) is 9.44. The van der Waals surface area contributed by atoms with E-state index in [0.29, 0.717) is 34.7 Å². The molecule has 2 amide bonds. The van der Waals surface area contributed by atoms with Gasteiger partial charge in [-0.15, -0.1) is 0 Å². The summed E-state index contributed by atoms with van der Waals surface area (Å²) in [4.78, 5) is 33.2. The molecular formula is C27H35FN4O4. The molecule has 36 heavy (non-hydrogen) atoms. The highest BCUT2D eigenvalue weighted by molar-refractivity contribution is 6.02. The van der Waals surface area contributed by atoms with Gasteiger partial charge in [0, 0.05) is 50.9 Å². The van der Waals surface area contributed by atoms with Gasteiger partial charge in [-0.2, -0.15) is 0 Å². The van der Waals surface area contributed by atoms with Crippen LogP contribution in [0.5, 0.6) is 11.5 Å². The molecule has 2 aromatic rings. The van der Waals surface area contributed by atoms with Crippen LogP contribution in [0.2, 0.25) is 0 Å². The summed E-state index contributed by atoms with van der Waals surface area (Å²) >= 11 is 0. The molecule has 2 atom stereocenters. The van der Waals surface area contributed by atoms with Crippen molar-refractivity contribution in [2.45, 2.75) is 18.4 Å². The van der Waals surface area contributed by atoms with Crippen molar-refractivity contribution in [1.29, 1.82) is 0 Å². The second kappa shape index (κ2) is 11.3. The topological polar surface area (TPSA) is 74.4 Å². The smallest absolute Gasteiger partial charge is 0.254 e. The predicted molar refractivity (Wildman–Crippen MR) is 135 cm³/mol. The van der Waals surface area contributed by atoms with E-state index in [-0.39, 0.29) is 11.8 Å². The number of rotatable bonds is 8. The molecule has 0 saturated carbocycles. The van der Waals surface area contributed by atoms with Crippen molar-refractivity contribution in [3.63, 3.8) is 0 Å². The molecule has 8 nitrogen and oxygen atoms in total. The number of benzene rings is 2. The Morgan fingerprint density at radius 1 is 1.03 bits per heavy atom. The summed E-state index contributed by atoms with van der Waals surface area (Å²) in [6, 6.07) is 8.75. The van der Waals surface area contributed by atoms with Crippen molar-refractivity contribution in [2.75, 3.05) is 67.6 Å². The van der Waals surface area contributed by atoms with E-state index in [1.165, 1.54) is 25.2 Å². The molecule has 2 aliphatic rings. The number of piperazine rings is 1. The summed E-state index contributed by atoms with van der Waals surface area (Å²) in [6.45, 7) is 5.51. The Morgan fingerprint density at radius 2 is 1.69 bits per heavy atom. The number of likely N-dealkylation sites (N-methyl/N-ethyl adjacent to an activating group) is 2. The molecule has 0 aliphatic carbocycles. The lowest BCUT2D eigenvalue weighted by Gasteiger charge is -2.40. The molecule has 0 spiro atoms. The molecule has 4 rings (SSSR count). The molecule has 1 fully saturated rings. The normalized spacial score (nSPS) is 20.7. The number of halogens is 1. The van der Waals surface area contributed by atoms with E-state index in [1.54, 1.807) is 37.4 Å². The number of nitrogens with zero attached hydrogens (tertiary/aromatic N) is 3. The number of hydrogen-bond donors (Lipinski definition) is 1. The van der Waals surface area contributed by atoms with Crippen LogP contribution in [0.3, 0.4) is 0 Å². The van der Waals surface area contributed by atoms with Crippen LogP contribution in [0.4, 0.5) is 4.39 Å². The van der Waals surface area contributed by atoms with Crippen LogP contribution in [0.1, 0.15) is 39.9 Å². The van der Waals surface area contributed by atoms with Gasteiger partial charge in [-0.25, -0.2) is 4.39 Å². The Labute approximate surface area is 211 Å². The lowest BCUT2D eigenvalue weighted by molar-refractivity contribution is -0.124. The van der Waals surface area contributed by atoms with Crippen molar-refractivity contribution in [1.82, 2.24) is 20.0 Å². The molecule has 1 saturated heterocycles. The first kappa shape index (κ1) is 25.9. The minimum atomic E-state index is -0.817. The number of methoxy groups -OCH3 is 2. The van der Waals surface area contributed by atoms with Gasteiger partial charge in [-0.3, -0.25) is 9.59 Å². The van der Waals surface area contributed by atoms with E-state index in [4.69, 9.17) is 9.47 Å². The maximum atomic E-state index is 15.0. The molecule has 0 bridgehead atoms. The van der Waals surface area contributed by atoms with Crippen LogP contribution in [0.15, 0.2) is 36.4 Å². The third-order valence-corrected chi connectivity index (χ3v) is 7.23. The highest BCUT2D eigenvalue weighted by Gasteiger charge is 2.44. The third kappa shape index (κ3) is 5.17. The van der Waals surface area contributed by atoms with Gasteiger partial charge in [0.15, 0.2) is 11.5 Å². The Morgan fingerprint density at radius 3 is 2.36 bits per heavy atom. The average molecular weight is 499 g/mol. The number of carbonyl (C=O) groups excluding carboxylic acids is 2. The zero-order valence-corrected chi connectivity index (χ0v) is 21.4. The Hall–Kier alpha value is -3.17. The fourth-order valence-electron chi connectivity index (χ4n) is 5.13. The summed E-state index contributed by atoms with van der Waals surface area (Å²) in [5.41, 5.74) is 1.15. The largest absolute Gasteiger partial charge is 0.493 e. The fourth-order valence-corrected chi connectivity index (χ4v) is 5.13. The molecule has 9 heteroatoms. The summed E-state index contributed by atoms with van der Waals surface area (Å²) < 4.78 is 25.8. The Balaban J connectivity index is 1.62. The van der Waals surface area contributed by atoms with Gasteiger partial charge in [0.2, 0.25) is 5.91 Å². The van der Waals surface area contributed by atoms with E-state index in [9.17, 15) is 14.0 Å². The number of amides is 2. The van der Waals surface area contributed by atoms with Crippen molar-refractivity contribution in [3.8, 4) is 11.5 Å². The van der Waals surface area contributed by atoms with Gasteiger partial charge in [0.1, 0.15) is 5.82 Å². The molecule has 2 aromatic carbocycles. The highest BCUT2D eigenvalue weighted by atomic mass is 19.1. The molecule has 194 valence electrons. The monoisotopic (exact) mass is 498 g/mol. The van der Waals surface area contributed by atoms with Crippen molar-refractivity contribution >= 4 is 11.8 Å². The maximum absolute atomic E-state index is 15.0. The molecule has 2 aliphatic heterocycles. The Bertz CT molecular complexity index is 1100. The molecule has 2 unspecified atom stereocenters. The van der Waals surface area contributed by atoms with E-state index in [2.05, 4.69) is 22.2 Å². The standard InChI is InChI=1S/C27H35FN4O4/c1-30-12-14-32(15-13-30)11-7-10-29-26(33)24-19-16-22(35-3)23(36-4)17-20(19)27(34)31(2)25(24)18-8-5-6-9-21(18)28/h5-6,8-9,16-17,24-25H,7,10-15H2,1-4H3,(H,29,33). The van der Waals surface area contributed by atoms with Gasteiger partial charge < -0.3 is 29.5 Å². The summed E-state index contributed by atoms with van der Waals surface area (Å²) in [7, 11) is 6.72. The van der Waals surface area contributed by atoms with Crippen LogP contribution in [-0.4, -0.2) is 94.1 Å². The van der Waals surface area contributed by atoms with Crippen molar-refractivity contribution in [2.24, 2.45) is 0 Å². The highest BCUT2D eigenvalue weighted by Crippen LogP contribution is 2.46. The molecule has 0 radical (unpaired) electrons. The predicted octanol–water partition coefficient (Wildman–Crippen LogP) is 2.51. The zero-order valence-electron chi connectivity index (χ0n) is 21.4. The number of ether oxygens (including phenoxy) is 2. The molecule has 2 heterocycles. The van der Waals surface area contributed by atoms with E-state index in [1.807, 2.05) is 0 Å². The first-order valence-corrected chi connectivity index (χ1v) is 12.3. The van der Waals surface area contributed by atoms with E-state index >= 15 is 0 Å². The van der Waals surface area contributed by atoms with Crippen LogP contribution in [0.25, 0.3) is 0 Å². The van der Waals surface area contributed by atoms with Gasteiger partial charge in [-0.05, 0) is 43.8 Å². The number of carbonyl (C=O) groups is 2. The zero-order chi connectivity index (χ0) is 25.8. The summed E-state index contributed by atoms with van der Waals surface area (Å²) in [6.07, 6.45) is 0.806. The van der Waals surface area contributed by atoms with Crippen LogP contribution in [0, 0.1) is 5.82 Å². The third-order valence-electron chi connectivity index (χ3n) is 7.23. The minimum Gasteiger partial charge on any atom is -0.493 e. The van der Waals surface area contributed by atoms with Crippen LogP contribution in [-0.2, 0) is 4.79 Å². The molecule has 1 N–H and O–H groups in total. The van der Waals surface area contributed by atoms with Gasteiger partial charge in [-0.1, -0.05) is 18.2 Å². The first-order chi connectivity index (χ1) is 17.3. The van der Waals surface area contributed by atoms with Crippen molar-refractivity contribution in [3.05, 3.63) is 58.9 Å². The van der Waals surface area contributed by atoms with Gasteiger partial charge >= 0.3 is 0 Å².